The molecule has 2 aromatic heterocycles. The molecular weight excluding hydrogens is 240 g/mol. The van der Waals surface area contributed by atoms with E-state index in [0.717, 1.165) is 23.5 Å². The Labute approximate surface area is 112 Å². The van der Waals surface area contributed by atoms with Crippen molar-refractivity contribution in [2.75, 3.05) is 11.9 Å². The molecule has 0 aliphatic carbocycles. The fourth-order valence-corrected chi connectivity index (χ4v) is 1.76. The number of aliphatic hydroxyl groups excluding tert-OH is 1. The molecule has 1 unspecified atom stereocenters. The zero-order chi connectivity index (χ0) is 13.7. The summed E-state index contributed by atoms with van der Waals surface area (Å²) in [6.07, 6.45) is 4.28. The number of hydrogen-bond acceptors (Lipinski definition) is 5. The summed E-state index contributed by atoms with van der Waals surface area (Å²) in [6.45, 7) is 4.04. The lowest BCUT2D eigenvalue weighted by Gasteiger charge is -2.15. The maximum Gasteiger partial charge on any atom is 0.161 e. The molecule has 0 aliphatic rings. The Hall–Kier alpha value is -2.01. The first-order valence-electron chi connectivity index (χ1n) is 6.36. The van der Waals surface area contributed by atoms with E-state index in [1.54, 1.807) is 12.4 Å². The van der Waals surface area contributed by atoms with Crippen molar-refractivity contribution < 1.29 is 5.11 Å². The van der Waals surface area contributed by atoms with Crippen molar-refractivity contribution >= 4 is 5.82 Å². The first-order valence-corrected chi connectivity index (χ1v) is 6.36. The lowest BCUT2D eigenvalue weighted by molar-refractivity contribution is 0.271. The molecule has 2 N–H and O–H groups in total. The van der Waals surface area contributed by atoms with Gasteiger partial charge in [0.1, 0.15) is 5.82 Å². The number of pyridine rings is 1. The molecule has 2 aromatic rings. The Morgan fingerprint density at radius 3 is 2.63 bits per heavy atom. The van der Waals surface area contributed by atoms with Gasteiger partial charge in [-0.25, -0.2) is 9.97 Å². The predicted molar refractivity (Wildman–Crippen MR) is 74.8 cm³/mol. The van der Waals surface area contributed by atoms with Crippen molar-refractivity contribution in [1.82, 2.24) is 15.0 Å². The van der Waals surface area contributed by atoms with Crippen LogP contribution < -0.4 is 5.32 Å². The summed E-state index contributed by atoms with van der Waals surface area (Å²) >= 11 is 0. The second-order valence-corrected chi connectivity index (χ2v) is 4.39. The molecule has 19 heavy (non-hydrogen) atoms. The van der Waals surface area contributed by atoms with Gasteiger partial charge in [-0.3, -0.25) is 4.98 Å². The van der Waals surface area contributed by atoms with Crippen LogP contribution in [-0.4, -0.2) is 32.7 Å². The Kier molecular flexibility index (Phi) is 4.41. The van der Waals surface area contributed by atoms with Crippen molar-refractivity contribution in [2.45, 2.75) is 26.3 Å². The van der Waals surface area contributed by atoms with Crippen LogP contribution in [0, 0.1) is 6.92 Å². The van der Waals surface area contributed by atoms with Gasteiger partial charge >= 0.3 is 0 Å². The van der Waals surface area contributed by atoms with Gasteiger partial charge < -0.3 is 10.4 Å². The molecule has 100 valence electrons. The average Bonchev–Trinajstić information content (AvgIpc) is 2.45. The minimum Gasteiger partial charge on any atom is -0.394 e. The van der Waals surface area contributed by atoms with Crippen LogP contribution in [0.25, 0.3) is 11.4 Å². The topological polar surface area (TPSA) is 70.9 Å². The summed E-state index contributed by atoms with van der Waals surface area (Å²) in [5.41, 5.74) is 1.82. The van der Waals surface area contributed by atoms with Gasteiger partial charge in [-0.05, 0) is 25.5 Å². The van der Waals surface area contributed by atoms with Crippen molar-refractivity contribution in [3.8, 4) is 11.4 Å². The minimum atomic E-state index is 0.0135. The minimum absolute atomic E-state index is 0.0135. The van der Waals surface area contributed by atoms with Crippen molar-refractivity contribution in [2.24, 2.45) is 0 Å². The van der Waals surface area contributed by atoms with Crippen LogP contribution in [0.3, 0.4) is 0 Å². The third kappa shape index (κ3) is 3.48. The number of anilines is 1. The van der Waals surface area contributed by atoms with Crippen molar-refractivity contribution in [1.29, 1.82) is 0 Å². The first kappa shape index (κ1) is 13.4. The van der Waals surface area contributed by atoms with Gasteiger partial charge in [0, 0.05) is 29.7 Å². The highest BCUT2D eigenvalue weighted by Gasteiger charge is 2.08. The van der Waals surface area contributed by atoms with Crippen LogP contribution in [0.4, 0.5) is 5.82 Å². The number of nitrogens with one attached hydrogen (secondary N) is 1. The third-order valence-electron chi connectivity index (χ3n) is 2.86. The summed E-state index contributed by atoms with van der Waals surface area (Å²) < 4.78 is 0. The summed E-state index contributed by atoms with van der Waals surface area (Å²) in [7, 11) is 0. The van der Waals surface area contributed by atoms with E-state index in [-0.39, 0.29) is 12.6 Å². The molecule has 0 aliphatic heterocycles. The maximum atomic E-state index is 9.23. The largest absolute Gasteiger partial charge is 0.394 e. The SMILES string of the molecule is CCC(CO)Nc1cc(C)nc(-c2ccncc2)n1. The second-order valence-electron chi connectivity index (χ2n) is 4.39. The summed E-state index contributed by atoms with van der Waals surface area (Å²) in [5, 5.41) is 12.4. The molecule has 5 heteroatoms. The van der Waals surface area contributed by atoms with Crippen molar-refractivity contribution in [3.05, 3.63) is 36.3 Å². The van der Waals surface area contributed by atoms with E-state index in [9.17, 15) is 5.11 Å². The molecule has 1 atom stereocenters. The van der Waals surface area contributed by atoms with Crippen LogP contribution in [0.15, 0.2) is 30.6 Å². The highest BCUT2D eigenvalue weighted by atomic mass is 16.3. The number of hydrogen-bond donors (Lipinski definition) is 2. The molecule has 0 saturated heterocycles. The Morgan fingerprint density at radius 2 is 2.00 bits per heavy atom. The van der Waals surface area contributed by atoms with Crippen LogP contribution in [-0.2, 0) is 0 Å². The van der Waals surface area contributed by atoms with E-state index < -0.39 is 0 Å². The average molecular weight is 258 g/mol. The second kappa shape index (κ2) is 6.24. The summed E-state index contributed by atoms with van der Waals surface area (Å²) in [5.74, 6) is 1.40. The molecule has 0 spiro atoms. The highest BCUT2D eigenvalue weighted by Crippen LogP contribution is 2.17. The zero-order valence-electron chi connectivity index (χ0n) is 11.2. The van der Waals surface area contributed by atoms with Gasteiger partial charge in [-0.2, -0.15) is 0 Å². The van der Waals surface area contributed by atoms with E-state index in [2.05, 4.69) is 20.3 Å². The normalized spacial score (nSPS) is 12.2. The maximum absolute atomic E-state index is 9.23. The summed E-state index contributed by atoms with van der Waals surface area (Å²) in [4.78, 5) is 12.9. The number of nitrogens with zero attached hydrogens (tertiary/aromatic N) is 3. The van der Waals surface area contributed by atoms with Crippen LogP contribution in [0.2, 0.25) is 0 Å². The Bertz CT molecular complexity index is 526. The van der Waals surface area contributed by atoms with Gasteiger partial charge in [0.2, 0.25) is 0 Å². The Morgan fingerprint density at radius 1 is 1.26 bits per heavy atom. The summed E-state index contributed by atoms with van der Waals surface area (Å²) in [6, 6.07) is 5.65. The van der Waals surface area contributed by atoms with Crippen molar-refractivity contribution in [3.63, 3.8) is 0 Å². The van der Waals surface area contributed by atoms with Crippen LogP contribution in [0.1, 0.15) is 19.0 Å². The van der Waals surface area contributed by atoms with Gasteiger partial charge in [0.15, 0.2) is 5.82 Å². The smallest absolute Gasteiger partial charge is 0.161 e. The molecule has 2 rings (SSSR count). The monoisotopic (exact) mass is 258 g/mol. The lowest BCUT2D eigenvalue weighted by Crippen LogP contribution is -2.23. The molecule has 0 saturated carbocycles. The predicted octanol–water partition coefficient (Wildman–Crippen LogP) is 2.03. The zero-order valence-corrected chi connectivity index (χ0v) is 11.2. The molecule has 0 bridgehead atoms. The van der Waals surface area contributed by atoms with Gasteiger partial charge in [-0.15, -0.1) is 0 Å². The quantitative estimate of drug-likeness (QED) is 0.858. The Balaban J connectivity index is 2.30. The highest BCUT2D eigenvalue weighted by molar-refractivity contribution is 5.56. The fourth-order valence-electron chi connectivity index (χ4n) is 1.76. The lowest BCUT2D eigenvalue weighted by atomic mass is 10.2. The van der Waals surface area contributed by atoms with Gasteiger partial charge in [0.25, 0.3) is 0 Å². The van der Waals surface area contributed by atoms with E-state index in [0.29, 0.717) is 5.82 Å². The van der Waals surface area contributed by atoms with Gasteiger partial charge in [0.05, 0.1) is 12.6 Å². The first-order chi connectivity index (χ1) is 9.22. The molecule has 5 nitrogen and oxygen atoms in total. The number of aromatic nitrogens is 3. The van der Waals surface area contributed by atoms with Crippen LogP contribution >= 0.6 is 0 Å². The van der Waals surface area contributed by atoms with E-state index in [4.69, 9.17) is 0 Å². The number of aliphatic hydroxyl groups is 1. The standard InChI is InChI=1S/C14H18N4O/c1-3-12(9-19)17-13-8-10(2)16-14(18-13)11-4-6-15-7-5-11/h4-8,12,19H,3,9H2,1-2H3,(H,16,17,18). The van der Waals surface area contributed by atoms with E-state index in [1.807, 2.05) is 32.0 Å². The fraction of sp³-hybridized carbons (Fsp3) is 0.357. The van der Waals surface area contributed by atoms with Gasteiger partial charge in [-0.1, -0.05) is 6.92 Å². The molecular formula is C14H18N4O. The molecule has 0 fully saturated rings. The number of aryl methyl sites for hydroxylation is 1. The van der Waals surface area contributed by atoms with Crippen LogP contribution in [0.5, 0.6) is 0 Å². The molecule has 0 aromatic carbocycles. The van der Waals surface area contributed by atoms with E-state index >= 15 is 0 Å². The van der Waals surface area contributed by atoms with E-state index in [1.165, 1.54) is 0 Å². The molecule has 0 radical (unpaired) electrons. The molecule has 2 heterocycles. The third-order valence-corrected chi connectivity index (χ3v) is 2.86. The molecule has 0 amide bonds. The number of rotatable bonds is 5.